The number of hydrogen-bond acceptors (Lipinski definition) is 3. The highest BCUT2D eigenvalue weighted by Crippen LogP contribution is 2.67. The maximum absolute atomic E-state index is 9.10. The summed E-state index contributed by atoms with van der Waals surface area (Å²) in [7, 11) is 0. The van der Waals surface area contributed by atoms with Gasteiger partial charge in [0, 0.05) is 19.1 Å². The zero-order valence-electron chi connectivity index (χ0n) is 12.4. The molecule has 21 heavy (non-hydrogen) atoms. The van der Waals surface area contributed by atoms with Crippen molar-refractivity contribution in [3.63, 3.8) is 0 Å². The Morgan fingerprint density at radius 1 is 1.24 bits per heavy atom. The first-order valence-corrected chi connectivity index (χ1v) is 7.84. The van der Waals surface area contributed by atoms with Crippen LogP contribution < -0.4 is 0 Å². The van der Waals surface area contributed by atoms with Gasteiger partial charge in [-0.2, -0.15) is 5.26 Å². The van der Waals surface area contributed by atoms with Gasteiger partial charge >= 0.3 is 0 Å². The fraction of sp³-hybridized carbons (Fsp3) is 0.562. The van der Waals surface area contributed by atoms with Crippen molar-refractivity contribution in [3.05, 3.63) is 34.9 Å². The third-order valence-corrected chi connectivity index (χ3v) is 4.63. The molecule has 0 N–H and O–H groups in total. The summed E-state index contributed by atoms with van der Waals surface area (Å²) in [5.41, 5.74) is 2.60. The van der Waals surface area contributed by atoms with Crippen LogP contribution in [0.5, 0.6) is 0 Å². The first kappa shape index (κ1) is 16.6. The monoisotopic (exact) mass is 327 g/mol. The minimum absolute atomic E-state index is 0.0871. The Bertz CT molecular complexity index is 548. The van der Waals surface area contributed by atoms with Gasteiger partial charge in [0.15, 0.2) is 6.29 Å². The van der Waals surface area contributed by atoms with E-state index in [4.69, 9.17) is 37.9 Å². The summed E-state index contributed by atoms with van der Waals surface area (Å²) in [6.07, 6.45) is -0.425. The molecule has 0 aliphatic heterocycles. The summed E-state index contributed by atoms with van der Waals surface area (Å²) in [6.45, 7) is 6.85. The molecule has 0 aromatic heterocycles. The van der Waals surface area contributed by atoms with Crippen LogP contribution in [0.3, 0.4) is 0 Å². The zero-order chi connectivity index (χ0) is 15.6. The van der Waals surface area contributed by atoms with Crippen molar-refractivity contribution in [1.29, 1.82) is 5.26 Å². The Labute approximate surface area is 135 Å². The standard InChI is InChI=1S/C16H19Cl2NO2/c1-4-20-15(21-5-2)14-13(16(14,17)18)12-7-10(3)6-11(8-12)9-19/h6-8,13-15H,4-5H2,1-3H3. The Morgan fingerprint density at radius 2 is 1.86 bits per heavy atom. The maximum Gasteiger partial charge on any atom is 0.163 e. The van der Waals surface area contributed by atoms with Gasteiger partial charge in [-0.25, -0.2) is 0 Å². The molecule has 0 heterocycles. The lowest BCUT2D eigenvalue weighted by Crippen LogP contribution is -2.22. The Hall–Kier alpha value is -0.790. The van der Waals surface area contributed by atoms with Crippen LogP contribution in [-0.4, -0.2) is 23.8 Å². The van der Waals surface area contributed by atoms with Crippen LogP contribution in [0, 0.1) is 24.2 Å². The SMILES string of the molecule is CCOC(OCC)C1C(c2cc(C)cc(C#N)c2)C1(Cl)Cl. The molecular weight excluding hydrogens is 309 g/mol. The number of rotatable bonds is 6. The highest BCUT2D eigenvalue weighted by Gasteiger charge is 2.67. The van der Waals surface area contributed by atoms with E-state index in [0.29, 0.717) is 18.8 Å². The lowest BCUT2D eigenvalue weighted by Gasteiger charge is -2.17. The Morgan fingerprint density at radius 3 is 2.38 bits per heavy atom. The molecule has 5 heteroatoms. The maximum atomic E-state index is 9.10. The Kier molecular flexibility index (Phi) is 5.16. The van der Waals surface area contributed by atoms with Gasteiger partial charge in [0.25, 0.3) is 0 Å². The summed E-state index contributed by atoms with van der Waals surface area (Å²) in [4.78, 5) is 0. The molecule has 0 spiro atoms. The van der Waals surface area contributed by atoms with Crippen molar-refractivity contribution in [2.45, 2.75) is 37.3 Å². The minimum Gasteiger partial charge on any atom is -0.353 e. The van der Waals surface area contributed by atoms with E-state index in [9.17, 15) is 0 Å². The van der Waals surface area contributed by atoms with Crippen molar-refractivity contribution in [1.82, 2.24) is 0 Å². The van der Waals surface area contributed by atoms with Gasteiger partial charge in [-0.05, 0) is 44.0 Å². The molecule has 2 unspecified atom stereocenters. The molecular formula is C16H19Cl2NO2. The highest BCUT2D eigenvalue weighted by atomic mass is 35.5. The molecule has 1 aromatic rings. The molecule has 1 saturated carbocycles. The summed E-state index contributed by atoms with van der Waals surface area (Å²) >= 11 is 12.9. The summed E-state index contributed by atoms with van der Waals surface area (Å²) in [6, 6.07) is 7.86. The molecule has 1 aliphatic rings. The van der Waals surface area contributed by atoms with Crippen LogP contribution in [0.4, 0.5) is 0 Å². The van der Waals surface area contributed by atoms with E-state index in [2.05, 4.69) is 6.07 Å². The fourth-order valence-electron chi connectivity index (χ4n) is 2.76. The van der Waals surface area contributed by atoms with Crippen molar-refractivity contribution in [2.75, 3.05) is 13.2 Å². The number of nitrogens with zero attached hydrogens (tertiary/aromatic N) is 1. The van der Waals surface area contributed by atoms with Gasteiger partial charge in [0.05, 0.1) is 17.6 Å². The molecule has 0 saturated heterocycles. The summed E-state index contributed by atoms with van der Waals surface area (Å²) < 4.78 is 10.3. The van der Waals surface area contributed by atoms with Crippen LogP contribution in [0.2, 0.25) is 0 Å². The number of aryl methyl sites for hydroxylation is 1. The van der Waals surface area contributed by atoms with Gasteiger partial charge in [0.1, 0.15) is 4.33 Å². The number of nitriles is 1. The van der Waals surface area contributed by atoms with Gasteiger partial charge in [-0.15, -0.1) is 23.2 Å². The molecule has 1 fully saturated rings. The third kappa shape index (κ3) is 3.35. The second kappa shape index (κ2) is 6.54. The smallest absolute Gasteiger partial charge is 0.163 e. The topological polar surface area (TPSA) is 42.2 Å². The molecule has 3 nitrogen and oxygen atoms in total. The van der Waals surface area contributed by atoms with Crippen molar-refractivity contribution < 1.29 is 9.47 Å². The predicted octanol–water partition coefficient (Wildman–Crippen LogP) is 4.15. The molecule has 1 aromatic carbocycles. The number of benzene rings is 1. The molecule has 0 bridgehead atoms. The van der Waals surface area contributed by atoms with Crippen LogP contribution in [0.25, 0.3) is 0 Å². The lowest BCUT2D eigenvalue weighted by molar-refractivity contribution is -0.149. The quantitative estimate of drug-likeness (QED) is 0.582. The van der Waals surface area contributed by atoms with E-state index >= 15 is 0 Å². The van der Waals surface area contributed by atoms with E-state index < -0.39 is 10.6 Å². The van der Waals surface area contributed by atoms with E-state index in [1.54, 1.807) is 0 Å². The number of hydrogen-bond donors (Lipinski definition) is 0. The zero-order valence-corrected chi connectivity index (χ0v) is 13.9. The highest BCUT2D eigenvalue weighted by molar-refractivity contribution is 6.52. The molecule has 114 valence electrons. The molecule has 2 atom stereocenters. The number of ether oxygens (including phenoxy) is 2. The first-order chi connectivity index (χ1) is 9.95. The average Bonchev–Trinajstić information content (AvgIpc) is 3.00. The minimum atomic E-state index is -0.921. The largest absolute Gasteiger partial charge is 0.353 e. The van der Waals surface area contributed by atoms with Crippen LogP contribution in [0.1, 0.15) is 36.5 Å². The molecule has 0 amide bonds. The van der Waals surface area contributed by atoms with Crippen LogP contribution in [0.15, 0.2) is 18.2 Å². The van der Waals surface area contributed by atoms with Gasteiger partial charge in [-0.1, -0.05) is 6.07 Å². The second-order valence-corrected chi connectivity index (χ2v) is 6.65. The number of alkyl halides is 2. The lowest BCUT2D eigenvalue weighted by atomic mass is 10.0. The summed E-state index contributed by atoms with van der Waals surface area (Å²) in [5.74, 6) is -0.218. The molecule has 2 rings (SSSR count). The van der Waals surface area contributed by atoms with Gasteiger partial charge < -0.3 is 9.47 Å². The second-order valence-electron chi connectivity index (χ2n) is 5.20. The molecule has 1 aliphatic carbocycles. The van der Waals surface area contributed by atoms with E-state index in [1.165, 1.54) is 0 Å². The van der Waals surface area contributed by atoms with Crippen LogP contribution >= 0.6 is 23.2 Å². The van der Waals surface area contributed by atoms with Crippen LogP contribution in [-0.2, 0) is 9.47 Å². The Balaban J connectivity index is 2.28. The first-order valence-electron chi connectivity index (χ1n) is 7.08. The fourth-order valence-corrected chi connectivity index (χ4v) is 3.61. The predicted molar refractivity (Wildman–Crippen MR) is 83.6 cm³/mol. The van der Waals surface area contributed by atoms with Gasteiger partial charge in [0.2, 0.25) is 0 Å². The third-order valence-electron chi connectivity index (χ3n) is 3.65. The summed E-state index contributed by atoms with van der Waals surface area (Å²) in [5, 5.41) is 9.10. The van der Waals surface area contributed by atoms with Crippen molar-refractivity contribution in [3.8, 4) is 6.07 Å². The number of halogens is 2. The van der Waals surface area contributed by atoms with Crippen molar-refractivity contribution in [2.24, 2.45) is 5.92 Å². The van der Waals surface area contributed by atoms with E-state index in [-0.39, 0.29) is 11.8 Å². The molecule has 0 radical (unpaired) electrons. The van der Waals surface area contributed by atoms with E-state index in [1.807, 2.05) is 39.0 Å². The normalized spacial score (nSPS) is 23.1. The average molecular weight is 328 g/mol. The van der Waals surface area contributed by atoms with Gasteiger partial charge in [-0.3, -0.25) is 0 Å². The van der Waals surface area contributed by atoms with Crippen molar-refractivity contribution >= 4 is 23.2 Å². The van der Waals surface area contributed by atoms with E-state index in [0.717, 1.165) is 11.1 Å².